The molecule has 1 aromatic carbocycles. The van der Waals surface area contributed by atoms with Crippen LogP contribution in [0.2, 0.25) is 0 Å². The monoisotopic (exact) mass is 199 g/mol. The highest BCUT2D eigenvalue weighted by Crippen LogP contribution is 2.23. The zero-order chi connectivity index (χ0) is 10.7. The summed E-state index contributed by atoms with van der Waals surface area (Å²) in [5, 5.41) is 8.59. The van der Waals surface area contributed by atoms with Crippen molar-refractivity contribution in [3.8, 4) is 5.75 Å². The third kappa shape index (κ3) is 1.82. The molecule has 0 spiro atoms. The number of benzene rings is 1. The lowest BCUT2D eigenvalue weighted by Gasteiger charge is -2.10. The molecule has 4 nitrogen and oxygen atoms in total. The van der Waals surface area contributed by atoms with Gasteiger partial charge in [-0.2, -0.15) is 0 Å². The Labute approximate surface area is 80.1 Å². The molecule has 0 saturated heterocycles. The van der Waals surface area contributed by atoms with Crippen LogP contribution in [0.4, 0.5) is 4.39 Å². The average molecular weight is 199 g/mol. The number of carbonyl (C=O) groups is 1. The maximum absolute atomic E-state index is 13.4. The van der Waals surface area contributed by atoms with Crippen LogP contribution in [-0.2, 0) is 4.79 Å². The van der Waals surface area contributed by atoms with Gasteiger partial charge >= 0.3 is 5.97 Å². The molecule has 5 heteroatoms. The van der Waals surface area contributed by atoms with Gasteiger partial charge in [0.15, 0.2) is 11.6 Å². The van der Waals surface area contributed by atoms with Gasteiger partial charge < -0.3 is 15.6 Å². The van der Waals surface area contributed by atoms with E-state index >= 15 is 0 Å². The minimum Gasteiger partial charge on any atom is -0.494 e. The van der Waals surface area contributed by atoms with Crippen molar-refractivity contribution in [2.24, 2.45) is 5.73 Å². The summed E-state index contributed by atoms with van der Waals surface area (Å²) in [6.07, 6.45) is 0. The van der Waals surface area contributed by atoms with E-state index in [0.717, 1.165) is 0 Å². The molecule has 0 aliphatic rings. The van der Waals surface area contributed by atoms with Gasteiger partial charge in [0, 0.05) is 5.56 Å². The Morgan fingerprint density at radius 3 is 2.79 bits per heavy atom. The molecule has 76 valence electrons. The largest absolute Gasteiger partial charge is 0.494 e. The van der Waals surface area contributed by atoms with Crippen molar-refractivity contribution >= 4 is 5.97 Å². The number of carboxylic acids is 1. The molecule has 1 unspecified atom stereocenters. The van der Waals surface area contributed by atoms with Crippen LogP contribution in [0.15, 0.2) is 18.2 Å². The Kier molecular flexibility index (Phi) is 3.03. The van der Waals surface area contributed by atoms with E-state index < -0.39 is 17.8 Å². The standard InChI is InChI=1S/C9H10FNO3/c1-14-6-4-2-3-5(7(6)10)8(11)9(12)13/h2-4,8H,11H2,1H3,(H,12,13). The molecule has 0 aromatic heterocycles. The number of rotatable bonds is 3. The van der Waals surface area contributed by atoms with E-state index in [4.69, 9.17) is 15.6 Å². The Morgan fingerprint density at radius 2 is 2.29 bits per heavy atom. The number of hydrogen-bond acceptors (Lipinski definition) is 3. The summed E-state index contributed by atoms with van der Waals surface area (Å²) >= 11 is 0. The molecule has 0 aliphatic heterocycles. The molecule has 0 amide bonds. The van der Waals surface area contributed by atoms with E-state index in [0.29, 0.717) is 0 Å². The summed E-state index contributed by atoms with van der Waals surface area (Å²) in [5.41, 5.74) is 5.18. The van der Waals surface area contributed by atoms with E-state index in [-0.39, 0.29) is 11.3 Å². The fourth-order valence-electron chi connectivity index (χ4n) is 1.06. The van der Waals surface area contributed by atoms with Crippen molar-refractivity contribution in [1.29, 1.82) is 0 Å². The van der Waals surface area contributed by atoms with Gasteiger partial charge in [-0.25, -0.2) is 4.39 Å². The number of nitrogens with two attached hydrogens (primary N) is 1. The summed E-state index contributed by atoms with van der Waals surface area (Å²) in [4.78, 5) is 10.5. The highest BCUT2D eigenvalue weighted by molar-refractivity contribution is 5.75. The molecule has 0 saturated carbocycles. The van der Waals surface area contributed by atoms with Crippen molar-refractivity contribution in [1.82, 2.24) is 0 Å². The van der Waals surface area contributed by atoms with Crippen molar-refractivity contribution in [3.05, 3.63) is 29.6 Å². The smallest absolute Gasteiger partial charge is 0.325 e. The number of ether oxygens (including phenoxy) is 1. The van der Waals surface area contributed by atoms with Gasteiger partial charge in [0.25, 0.3) is 0 Å². The first kappa shape index (κ1) is 10.5. The number of methoxy groups -OCH3 is 1. The van der Waals surface area contributed by atoms with Gasteiger partial charge in [0.05, 0.1) is 7.11 Å². The number of aliphatic carboxylic acids is 1. The molecule has 0 aliphatic carbocycles. The second kappa shape index (κ2) is 4.06. The van der Waals surface area contributed by atoms with Crippen molar-refractivity contribution in [2.45, 2.75) is 6.04 Å². The molecule has 0 radical (unpaired) electrons. The van der Waals surface area contributed by atoms with Gasteiger partial charge in [-0.1, -0.05) is 12.1 Å². The lowest BCUT2D eigenvalue weighted by molar-refractivity contribution is -0.138. The van der Waals surface area contributed by atoms with Gasteiger partial charge in [0.1, 0.15) is 6.04 Å². The van der Waals surface area contributed by atoms with Gasteiger partial charge in [-0.3, -0.25) is 4.79 Å². The SMILES string of the molecule is COc1cccc(C(N)C(=O)O)c1F. The zero-order valence-corrected chi connectivity index (χ0v) is 7.53. The number of carboxylic acid groups (broad SMARTS) is 1. The molecule has 1 aromatic rings. The normalized spacial score (nSPS) is 12.2. The Balaban J connectivity index is 3.15. The summed E-state index contributed by atoms with van der Waals surface area (Å²) in [6.45, 7) is 0. The highest BCUT2D eigenvalue weighted by atomic mass is 19.1. The van der Waals surface area contributed by atoms with E-state index in [1.807, 2.05) is 0 Å². The molecular weight excluding hydrogens is 189 g/mol. The first-order valence-corrected chi connectivity index (χ1v) is 3.88. The molecule has 3 N–H and O–H groups in total. The molecule has 1 atom stereocenters. The van der Waals surface area contributed by atoms with Crippen LogP contribution in [0, 0.1) is 5.82 Å². The number of halogens is 1. The average Bonchev–Trinajstić information content (AvgIpc) is 2.17. The van der Waals surface area contributed by atoms with Gasteiger partial charge in [0.2, 0.25) is 0 Å². The maximum Gasteiger partial charge on any atom is 0.325 e. The van der Waals surface area contributed by atoms with Crippen LogP contribution in [-0.4, -0.2) is 18.2 Å². The van der Waals surface area contributed by atoms with Crippen LogP contribution in [0.5, 0.6) is 5.75 Å². The first-order valence-electron chi connectivity index (χ1n) is 3.88. The lowest BCUT2D eigenvalue weighted by Crippen LogP contribution is -2.22. The predicted molar refractivity (Wildman–Crippen MR) is 47.5 cm³/mol. The highest BCUT2D eigenvalue weighted by Gasteiger charge is 2.20. The third-order valence-electron chi connectivity index (χ3n) is 1.81. The quantitative estimate of drug-likeness (QED) is 0.759. The first-order chi connectivity index (χ1) is 6.57. The topological polar surface area (TPSA) is 72.5 Å². The Bertz CT molecular complexity index is 354. The molecule has 1 rings (SSSR count). The number of hydrogen-bond donors (Lipinski definition) is 2. The van der Waals surface area contributed by atoms with Crippen molar-refractivity contribution in [3.63, 3.8) is 0 Å². The minimum absolute atomic E-state index is 0.0146. The summed E-state index contributed by atoms with van der Waals surface area (Å²) < 4.78 is 18.1. The molecule has 0 bridgehead atoms. The third-order valence-corrected chi connectivity index (χ3v) is 1.81. The van der Waals surface area contributed by atoms with Crippen molar-refractivity contribution in [2.75, 3.05) is 7.11 Å². The zero-order valence-electron chi connectivity index (χ0n) is 7.53. The summed E-state index contributed by atoms with van der Waals surface area (Å²) in [7, 11) is 1.30. The van der Waals surface area contributed by atoms with E-state index in [1.165, 1.54) is 25.3 Å². The van der Waals surface area contributed by atoms with Crippen LogP contribution in [0.25, 0.3) is 0 Å². The van der Waals surface area contributed by atoms with Gasteiger partial charge in [-0.05, 0) is 6.07 Å². The van der Waals surface area contributed by atoms with E-state index in [2.05, 4.69) is 0 Å². The Hall–Kier alpha value is -1.62. The van der Waals surface area contributed by atoms with Crippen LogP contribution >= 0.6 is 0 Å². The van der Waals surface area contributed by atoms with E-state index in [1.54, 1.807) is 0 Å². The van der Waals surface area contributed by atoms with Crippen LogP contribution < -0.4 is 10.5 Å². The molecule has 0 fully saturated rings. The van der Waals surface area contributed by atoms with Gasteiger partial charge in [-0.15, -0.1) is 0 Å². The van der Waals surface area contributed by atoms with Crippen molar-refractivity contribution < 1.29 is 19.0 Å². The second-order valence-corrected chi connectivity index (χ2v) is 2.68. The lowest BCUT2D eigenvalue weighted by atomic mass is 10.1. The fourth-order valence-corrected chi connectivity index (χ4v) is 1.06. The molecule has 14 heavy (non-hydrogen) atoms. The fraction of sp³-hybridized carbons (Fsp3) is 0.222. The summed E-state index contributed by atoms with van der Waals surface area (Å²) in [6, 6.07) is 2.83. The minimum atomic E-state index is -1.37. The Morgan fingerprint density at radius 1 is 1.64 bits per heavy atom. The van der Waals surface area contributed by atoms with Crippen LogP contribution in [0.1, 0.15) is 11.6 Å². The summed E-state index contributed by atoms with van der Waals surface area (Å²) in [5.74, 6) is -2.03. The maximum atomic E-state index is 13.4. The second-order valence-electron chi connectivity index (χ2n) is 2.68. The predicted octanol–water partition coefficient (Wildman–Crippen LogP) is 0.919. The molecule has 0 heterocycles. The molecular formula is C9H10FNO3. The van der Waals surface area contributed by atoms with E-state index in [9.17, 15) is 9.18 Å². The van der Waals surface area contributed by atoms with Crippen LogP contribution in [0.3, 0.4) is 0 Å².